The zero-order chi connectivity index (χ0) is 15.4. The standard InChI is InChI=1S/C13H21BrN2O2S2/c1-4-13(5-2,19-3)9-16-20(17,18)12-8-10(15)6-7-11(12)14/h6-8,16H,4-5,9,15H2,1-3H3. The molecule has 114 valence electrons. The van der Waals surface area contributed by atoms with E-state index in [0.717, 1.165) is 12.8 Å². The first-order chi connectivity index (χ1) is 9.30. The Morgan fingerprint density at radius 2 is 1.95 bits per heavy atom. The number of hydrogen-bond acceptors (Lipinski definition) is 4. The lowest BCUT2D eigenvalue weighted by molar-refractivity contribution is 0.522. The predicted molar refractivity (Wildman–Crippen MR) is 90.6 cm³/mol. The number of anilines is 1. The Bertz CT molecular complexity index is 549. The number of hydrogen-bond donors (Lipinski definition) is 2. The zero-order valence-corrected chi connectivity index (χ0v) is 15.2. The Kier molecular flexibility index (Phi) is 6.37. The molecule has 4 nitrogen and oxygen atoms in total. The quantitative estimate of drug-likeness (QED) is 0.712. The Labute approximate surface area is 134 Å². The highest BCUT2D eigenvalue weighted by Crippen LogP contribution is 2.31. The fourth-order valence-corrected chi connectivity index (χ4v) is 4.90. The molecular formula is C13H21BrN2O2S2. The molecule has 1 rings (SSSR count). The number of halogens is 1. The maximum Gasteiger partial charge on any atom is 0.241 e. The van der Waals surface area contributed by atoms with Crippen LogP contribution in [0.25, 0.3) is 0 Å². The van der Waals surface area contributed by atoms with E-state index in [1.807, 2.05) is 6.26 Å². The van der Waals surface area contributed by atoms with Gasteiger partial charge in [0.25, 0.3) is 0 Å². The van der Waals surface area contributed by atoms with Crippen molar-refractivity contribution in [2.45, 2.75) is 36.3 Å². The molecule has 0 saturated carbocycles. The third-order valence-electron chi connectivity index (χ3n) is 3.55. The van der Waals surface area contributed by atoms with Gasteiger partial charge in [-0.3, -0.25) is 0 Å². The summed E-state index contributed by atoms with van der Waals surface area (Å²) in [4.78, 5) is 0.180. The van der Waals surface area contributed by atoms with E-state index in [0.29, 0.717) is 16.7 Å². The van der Waals surface area contributed by atoms with Gasteiger partial charge in [-0.05, 0) is 53.2 Å². The van der Waals surface area contributed by atoms with Gasteiger partial charge in [-0.25, -0.2) is 13.1 Å². The van der Waals surface area contributed by atoms with E-state index in [4.69, 9.17) is 5.73 Å². The summed E-state index contributed by atoms with van der Waals surface area (Å²) in [5.74, 6) is 0. The lowest BCUT2D eigenvalue weighted by Gasteiger charge is -2.29. The number of sulfonamides is 1. The molecule has 3 N–H and O–H groups in total. The second kappa shape index (κ2) is 7.15. The molecule has 0 saturated heterocycles. The fourth-order valence-electron chi connectivity index (χ4n) is 1.89. The molecule has 0 aliphatic rings. The van der Waals surface area contributed by atoms with Crippen molar-refractivity contribution in [2.75, 3.05) is 18.5 Å². The van der Waals surface area contributed by atoms with E-state index < -0.39 is 10.0 Å². The van der Waals surface area contributed by atoms with E-state index in [-0.39, 0.29) is 9.64 Å². The van der Waals surface area contributed by atoms with Crippen molar-refractivity contribution in [1.82, 2.24) is 4.72 Å². The van der Waals surface area contributed by atoms with Crippen molar-refractivity contribution in [3.63, 3.8) is 0 Å². The molecular weight excluding hydrogens is 360 g/mol. The number of nitrogens with two attached hydrogens (primary N) is 1. The van der Waals surface area contributed by atoms with Gasteiger partial charge in [0, 0.05) is 21.5 Å². The second-order valence-electron chi connectivity index (χ2n) is 4.61. The van der Waals surface area contributed by atoms with Crippen LogP contribution in [0.5, 0.6) is 0 Å². The number of thioether (sulfide) groups is 1. The molecule has 0 fully saturated rings. The average Bonchev–Trinajstić information content (AvgIpc) is 2.43. The maximum absolute atomic E-state index is 12.4. The van der Waals surface area contributed by atoms with E-state index in [2.05, 4.69) is 34.5 Å². The van der Waals surface area contributed by atoms with Crippen LogP contribution in [0.4, 0.5) is 5.69 Å². The van der Waals surface area contributed by atoms with Gasteiger partial charge in [0.05, 0.1) is 4.90 Å². The summed E-state index contributed by atoms with van der Waals surface area (Å²) in [5, 5.41) is 0. The smallest absolute Gasteiger partial charge is 0.241 e. The molecule has 0 atom stereocenters. The van der Waals surface area contributed by atoms with Gasteiger partial charge in [0.1, 0.15) is 0 Å². The van der Waals surface area contributed by atoms with Crippen LogP contribution in [0.2, 0.25) is 0 Å². The third kappa shape index (κ3) is 4.13. The van der Waals surface area contributed by atoms with Crippen molar-refractivity contribution in [2.24, 2.45) is 0 Å². The van der Waals surface area contributed by atoms with Gasteiger partial charge in [0.2, 0.25) is 10.0 Å². The maximum atomic E-state index is 12.4. The lowest BCUT2D eigenvalue weighted by atomic mass is 10.0. The summed E-state index contributed by atoms with van der Waals surface area (Å²) in [7, 11) is -3.57. The number of nitrogen functional groups attached to an aromatic ring is 1. The number of benzene rings is 1. The van der Waals surface area contributed by atoms with Crippen molar-refractivity contribution < 1.29 is 8.42 Å². The number of rotatable bonds is 7. The molecule has 7 heteroatoms. The first kappa shape index (κ1) is 17.8. The molecule has 0 radical (unpaired) electrons. The average molecular weight is 381 g/mol. The highest BCUT2D eigenvalue weighted by Gasteiger charge is 2.28. The second-order valence-corrected chi connectivity index (χ2v) is 8.47. The monoisotopic (exact) mass is 380 g/mol. The molecule has 0 unspecified atom stereocenters. The van der Waals surface area contributed by atoms with E-state index >= 15 is 0 Å². The van der Waals surface area contributed by atoms with Gasteiger partial charge in [-0.1, -0.05) is 13.8 Å². The fraction of sp³-hybridized carbons (Fsp3) is 0.538. The summed E-state index contributed by atoms with van der Waals surface area (Å²) in [5.41, 5.74) is 6.09. The van der Waals surface area contributed by atoms with Crippen molar-refractivity contribution in [1.29, 1.82) is 0 Å². The molecule has 1 aromatic carbocycles. The van der Waals surface area contributed by atoms with Crippen LogP contribution in [-0.2, 0) is 10.0 Å². The van der Waals surface area contributed by atoms with Gasteiger partial charge < -0.3 is 5.73 Å². The van der Waals surface area contributed by atoms with Crippen LogP contribution >= 0.6 is 27.7 Å². The van der Waals surface area contributed by atoms with E-state index in [1.165, 1.54) is 6.07 Å². The van der Waals surface area contributed by atoms with Crippen molar-refractivity contribution >= 4 is 43.4 Å². The molecule has 20 heavy (non-hydrogen) atoms. The minimum absolute atomic E-state index is 0.0696. The first-order valence-electron chi connectivity index (χ1n) is 6.40. The SMILES string of the molecule is CCC(CC)(CNS(=O)(=O)c1cc(N)ccc1Br)SC. The van der Waals surface area contributed by atoms with Crippen molar-refractivity contribution in [3.8, 4) is 0 Å². The molecule has 0 aromatic heterocycles. The summed E-state index contributed by atoms with van der Waals surface area (Å²) in [6.07, 6.45) is 3.83. The van der Waals surface area contributed by atoms with E-state index in [9.17, 15) is 8.42 Å². The Balaban J connectivity index is 2.98. The summed E-state index contributed by atoms with van der Waals surface area (Å²) in [6, 6.07) is 4.77. The molecule has 0 aliphatic heterocycles. The molecule has 0 bridgehead atoms. The normalized spacial score (nSPS) is 12.6. The van der Waals surface area contributed by atoms with E-state index in [1.54, 1.807) is 23.9 Å². The topological polar surface area (TPSA) is 72.2 Å². The van der Waals surface area contributed by atoms with Crippen LogP contribution < -0.4 is 10.5 Å². The third-order valence-corrected chi connectivity index (χ3v) is 7.53. The highest BCUT2D eigenvalue weighted by molar-refractivity contribution is 9.10. The highest BCUT2D eigenvalue weighted by atomic mass is 79.9. The van der Waals surface area contributed by atoms with Crippen LogP contribution in [0, 0.1) is 0 Å². The molecule has 1 aromatic rings. The van der Waals surface area contributed by atoms with Crippen LogP contribution in [0.15, 0.2) is 27.6 Å². The minimum atomic E-state index is -3.57. The predicted octanol–water partition coefficient (Wildman–Crippen LogP) is 3.23. The largest absolute Gasteiger partial charge is 0.399 e. The Hall–Kier alpha value is -0.240. The Morgan fingerprint density at radius 1 is 1.35 bits per heavy atom. The van der Waals surface area contributed by atoms with Crippen LogP contribution in [0.1, 0.15) is 26.7 Å². The lowest BCUT2D eigenvalue weighted by Crippen LogP contribution is -2.39. The summed E-state index contributed by atoms with van der Waals surface area (Å²) in [6.45, 7) is 4.56. The van der Waals surface area contributed by atoms with Crippen LogP contribution in [0.3, 0.4) is 0 Å². The molecule has 0 spiro atoms. The number of nitrogens with one attached hydrogen (secondary N) is 1. The Morgan fingerprint density at radius 3 is 2.45 bits per heavy atom. The van der Waals surface area contributed by atoms with Gasteiger partial charge in [-0.2, -0.15) is 11.8 Å². The zero-order valence-electron chi connectivity index (χ0n) is 11.9. The minimum Gasteiger partial charge on any atom is -0.399 e. The van der Waals surface area contributed by atoms with Gasteiger partial charge in [-0.15, -0.1) is 0 Å². The molecule has 0 aliphatic carbocycles. The van der Waals surface area contributed by atoms with Crippen molar-refractivity contribution in [3.05, 3.63) is 22.7 Å². The summed E-state index contributed by atoms with van der Waals surface area (Å²) < 4.78 is 27.9. The summed E-state index contributed by atoms with van der Waals surface area (Å²) >= 11 is 4.96. The molecule has 0 amide bonds. The van der Waals surface area contributed by atoms with Gasteiger partial charge >= 0.3 is 0 Å². The molecule has 0 heterocycles. The first-order valence-corrected chi connectivity index (χ1v) is 9.90. The van der Waals surface area contributed by atoms with Crippen LogP contribution in [-0.4, -0.2) is 26.0 Å². The van der Waals surface area contributed by atoms with Gasteiger partial charge in [0.15, 0.2) is 0 Å².